The van der Waals surface area contributed by atoms with Gasteiger partial charge in [0, 0.05) is 23.2 Å². The van der Waals surface area contributed by atoms with Gasteiger partial charge in [-0.1, -0.05) is 38.1 Å². The van der Waals surface area contributed by atoms with Crippen molar-refractivity contribution in [3.05, 3.63) is 41.3 Å². The molecule has 1 amide bonds. The predicted octanol–water partition coefficient (Wildman–Crippen LogP) is 5.59. The summed E-state index contributed by atoms with van der Waals surface area (Å²) in [5.41, 5.74) is 0.882. The van der Waals surface area contributed by atoms with Gasteiger partial charge < -0.3 is 15.5 Å². The van der Waals surface area contributed by atoms with Crippen molar-refractivity contribution in [1.29, 1.82) is 0 Å². The quantitative estimate of drug-likeness (QED) is 0.368. The number of rotatable bonds is 8. The summed E-state index contributed by atoms with van der Waals surface area (Å²) in [4.78, 5) is 23.9. The van der Waals surface area contributed by atoms with Gasteiger partial charge in [-0.15, -0.1) is 11.3 Å². The Kier molecular flexibility index (Phi) is 6.11. The summed E-state index contributed by atoms with van der Waals surface area (Å²) in [5, 5.41) is 24.8. The van der Waals surface area contributed by atoms with Gasteiger partial charge in [0.1, 0.15) is 5.75 Å². The Morgan fingerprint density at radius 1 is 1.26 bits per heavy atom. The second-order valence-corrected chi connectivity index (χ2v) is 10.5. The number of hydrogen-bond donors (Lipinski definition) is 3. The number of carboxylic acids is 1. The summed E-state index contributed by atoms with van der Waals surface area (Å²) in [6.45, 7) is 4.64. The number of hydrogen-bond acceptors (Lipinski definition) is 4. The van der Waals surface area contributed by atoms with Gasteiger partial charge in [0.25, 0.3) is 5.91 Å². The third-order valence-electron chi connectivity index (χ3n) is 7.56. The molecule has 3 N–H and O–H groups in total. The standard InChI is InChI=1S/C25H31NO4S/c1-25(2)16-12-15(8-5-3-4-6-11-21(28)29)22(19(25)13-16)26-24(30)18-14-31-23-17(18)9-7-10-20(23)27/h3,5,7,9-10,14-16,19,22,27H,4,6,8,11-13H2,1-2H3,(H,26,30)(H,28,29)/b5-3+/t15-,16+,19+,22+/m0/s1. The molecule has 0 spiro atoms. The van der Waals surface area contributed by atoms with Gasteiger partial charge in [-0.3, -0.25) is 9.59 Å². The number of aliphatic carboxylic acids is 1. The Labute approximate surface area is 187 Å². The molecule has 3 fully saturated rings. The Balaban J connectivity index is 1.46. The monoisotopic (exact) mass is 441 g/mol. The fraction of sp³-hybridized carbons (Fsp3) is 0.520. The molecular formula is C25H31NO4S. The highest BCUT2D eigenvalue weighted by atomic mass is 32.1. The molecule has 1 heterocycles. The van der Waals surface area contributed by atoms with Crippen LogP contribution in [-0.4, -0.2) is 28.1 Å². The average Bonchev–Trinajstić information content (AvgIpc) is 3.16. The first-order chi connectivity index (χ1) is 14.8. The van der Waals surface area contributed by atoms with E-state index in [2.05, 4.69) is 31.3 Å². The third-order valence-corrected chi connectivity index (χ3v) is 8.58. The van der Waals surface area contributed by atoms with E-state index in [1.165, 1.54) is 17.8 Å². The van der Waals surface area contributed by atoms with Gasteiger partial charge >= 0.3 is 5.97 Å². The maximum atomic E-state index is 13.2. The Bertz CT molecular complexity index is 1010. The summed E-state index contributed by atoms with van der Waals surface area (Å²) >= 11 is 1.40. The van der Waals surface area contributed by atoms with Crippen LogP contribution in [0.4, 0.5) is 0 Å². The molecule has 0 aliphatic heterocycles. The Morgan fingerprint density at radius 3 is 2.81 bits per heavy atom. The number of nitrogens with one attached hydrogen (secondary N) is 1. The van der Waals surface area contributed by atoms with E-state index in [1.54, 1.807) is 12.1 Å². The van der Waals surface area contributed by atoms with Gasteiger partial charge in [0.15, 0.2) is 0 Å². The van der Waals surface area contributed by atoms with E-state index in [9.17, 15) is 14.7 Å². The highest BCUT2D eigenvalue weighted by Crippen LogP contribution is 2.61. The number of phenols is 1. The molecule has 5 nitrogen and oxygen atoms in total. The highest BCUT2D eigenvalue weighted by molar-refractivity contribution is 7.18. The molecule has 2 aromatic rings. The van der Waals surface area contributed by atoms with E-state index in [0.29, 0.717) is 29.7 Å². The fourth-order valence-corrected chi connectivity index (χ4v) is 6.54. The number of unbranched alkanes of at least 4 members (excludes halogenated alkanes) is 1. The number of carboxylic acid groups (broad SMARTS) is 1. The smallest absolute Gasteiger partial charge is 0.303 e. The zero-order chi connectivity index (χ0) is 22.2. The van der Waals surface area contributed by atoms with Crippen LogP contribution in [0.3, 0.4) is 0 Å². The minimum Gasteiger partial charge on any atom is -0.506 e. The van der Waals surface area contributed by atoms with E-state index in [1.807, 2.05) is 11.4 Å². The van der Waals surface area contributed by atoms with Crippen LogP contribution in [0.1, 0.15) is 62.7 Å². The number of benzene rings is 1. The number of aromatic hydroxyl groups is 1. The minimum atomic E-state index is -0.750. The molecule has 0 radical (unpaired) electrons. The van der Waals surface area contributed by atoms with Crippen LogP contribution in [0.15, 0.2) is 35.7 Å². The lowest BCUT2D eigenvalue weighted by Gasteiger charge is -2.62. The first kappa shape index (κ1) is 21.9. The van der Waals surface area contributed by atoms with E-state index in [4.69, 9.17) is 5.11 Å². The first-order valence-electron chi connectivity index (χ1n) is 11.2. The van der Waals surface area contributed by atoms with Crippen molar-refractivity contribution < 1.29 is 19.8 Å². The predicted molar refractivity (Wildman–Crippen MR) is 123 cm³/mol. The van der Waals surface area contributed by atoms with Crippen molar-refractivity contribution >= 4 is 33.3 Å². The van der Waals surface area contributed by atoms with Crippen molar-refractivity contribution in [1.82, 2.24) is 5.32 Å². The van der Waals surface area contributed by atoms with Crippen molar-refractivity contribution in [2.75, 3.05) is 0 Å². The maximum absolute atomic E-state index is 13.2. The van der Waals surface area contributed by atoms with Crippen LogP contribution in [-0.2, 0) is 4.79 Å². The van der Waals surface area contributed by atoms with Gasteiger partial charge in [0.05, 0.1) is 10.3 Å². The van der Waals surface area contributed by atoms with Crippen LogP contribution in [0, 0.1) is 23.2 Å². The van der Waals surface area contributed by atoms with E-state index >= 15 is 0 Å². The molecule has 31 heavy (non-hydrogen) atoms. The summed E-state index contributed by atoms with van der Waals surface area (Å²) in [6.07, 6.45) is 9.08. The highest BCUT2D eigenvalue weighted by Gasteiger charge is 2.57. The molecule has 4 atom stereocenters. The molecule has 5 rings (SSSR count). The number of fused-ring (bicyclic) bond motifs is 3. The lowest BCUT2D eigenvalue weighted by atomic mass is 9.44. The zero-order valence-corrected chi connectivity index (χ0v) is 19.0. The van der Waals surface area contributed by atoms with E-state index in [-0.39, 0.29) is 29.5 Å². The molecule has 3 saturated carbocycles. The Hall–Kier alpha value is -2.34. The SMILES string of the molecule is CC1(C)[C@@H]2C[C@H](C/C=C/CCCC(=O)O)[C@@H](NC(=O)c3csc4c(O)cccc34)[C@H]1C2. The number of allylic oxidation sites excluding steroid dienone is 2. The fourth-order valence-electron chi connectivity index (χ4n) is 5.57. The average molecular weight is 442 g/mol. The zero-order valence-electron chi connectivity index (χ0n) is 18.1. The largest absolute Gasteiger partial charge is 0.506 e. The van der Waals surface area contributed by atoms with Crippen LogP contribution in [0.25, 0.3) is 10.1 Å². The van der Waals surface area contributed by atoms with Crippen LogP contribution in [0.2, 0.25) is 0 Å². The topological polar surface area (TPSA) is 86.6 Å². The summed E-state index contributed by atoms with van der Waals surface area (Å²) < 4.78 is 0.751. The molecule has 2 bridgehead atoms. The maximum Gasteiger partial charge on any atom is 0.303 e. The first-order valence-corrected chi connectivity index (χ1v) is 12.0. The van der Waals surface area contributed by atoms with Crippen LogP contribution >= 0.6 is 11.3 Å². The number of amides is 1. The molecule has 0 saturated heterocycles. The summed E-state index contributed by atoms with van der Waals surface area (Å²) in [7, 11) is 0. The molecule has 1 aromatic carbocycles. The molecule has 1 aromatic heterocycles. The van der Waals surface area contributed by atoms with Crippen molar-refractivity contribution in [2.45, 2.75) is 58.4 Å². The molecule has 166 valence electrons. The minimum absolute atomic E-state index is 0.0570. The molecule has 3 aliphatic carbocycles. The van der Waals surface area contributed by atoms with E-state index < -0.39 is 5.97 Å². The lowest BCUT2D eigenvalue weighted by molar-refractivity contribution is -0.137. The van der Waals surface area contributed by atoms with Crippen molar-refractivity contribution in [3.63, 3.8) is 0 Å². The number of carbonyl (C=O) groups excluding carboxylic acids is 1. The number of phenolic OH excluding ortho intramolecular Hbond substituents is 1. The summed E-state index contributed by atoms with van der Waals surface area (Å²) in [5.74, 6) is 0.982. The molecule has 3 aliphatic rings. The normalized spacial score (nSPS) is 26.6. The van der Waals surface area contributed by atoms with Crippen LogP contribution in [0.5, 0.6) is 5.75 Å². The summed E-state index contributed by atoms with van der Waals surface area (Å²) in [6, 6.07) is 5.45. The van der Waals surface area contributed by atoms with Gasteiger partial charge in [-0.25, -0.2) is 0 Å². The van der Waals surface area contributed by atoms with Crippen molar-refractivity contribution in [3.8, 4) is 5.75 Å². The second kappa shape index (κ2) is 8.65. The molecular weight excluding hydrogens is 410 g/mol. The van der Waals surface area contributed by atoms with Crippen molar-refractivity contribution in [2.24, 2.45) is 23.2 Å². The number of carbonyl (C=O) groups is 2. The molecule has 6 heteroatoms. The molecule has 0 unspecified atom stereocenters. The number of thiophene rings is 1. The van der Waals surface area contributed by atoms with E-state index in [0.717, 1.165) is 29.3 Å². The van der Waals surface area contributed by atoms with Crippen LogP contribution < -0.4 is 5.32 Å². The second-order valence-electron chi connectivity index (χ2n) is 9.65. The third kappa shape index (κ3) is 4.22. The van der Waals surface area contributed by atoms with Gasteiger partial charge in [-0.2, -0.15) is 0 Å². The Morgan fingerprint density at radius 2 is 2.06 bits per heavy atom. The van der Waals surface area contributed by atoms with Gasteiger partial charge in [-0.05, 0) is 61.3 Å². The van der Waals surface area contributed by atoms with Gasteiger partial charge in [0.2, 0.25) is 0 Å². The lowest BCUT2D eigenvalue weighted by Crippen LogP contribution is -2.63.